The molecule has 1 aromatic rings. The minimum Gasteiger partial charge on any atom is -0.394 e. The molecular weight excluding hydrogens is 257 g/mol. The highest BCUT2D eigenvalue weighted by molar-refractivity contribution is 6.33. The summed E-state index contributed by atoms with van der Waals surface area (Å²) in [7, 11) is 0. The molecule has 1 heterocycles. The van der Waals surface area contributed by atoms with Crippen molar-refractivity contribution in [1.29, 1.82) is 0 Å². The Bertz CT molecular complexity index is 453. The fourth-order valence-corrected chi connectivity index (χ4v) is 2.52. The van der Waals surface area contributed by atoms with Crippen molar-refractivity contribution in [2.24, 2.45) is 0 Å². The van der Waals surface area contributed by atoms with Gasteiger partial charge in [-0.15, -0.1) is 0 Å². The number of aliphatic hydroxyl groups excluding tert-OH is 1. The number of nitrogens with zero attached hydrogens (tertiary/aromatic N) is 1. The van der Waals surface area contributed by atoms with Crippen LogP contribution >= 0.6 is 11.6 Å². The van der Waals surface area contributed by atoms with E-state index in [2.05, 4.69) is 0 Å². The van der Waals surface area contributed by atoms with Crippen molar-refractivity contribution in [3.63, 3.8) is 0 Å². The van der Waals surface area contributed by atoms with Gasteiger partial charge in [-0.1, -0.05) is 11.6 Å². The number of piperidine rings is 1. The first-order chi connectivity index (χ1) is 8.63. The van der Waals surface area contributed by atoms with Crippen LogP contribution in [0.4, 0.5) is 4.39 Å². The second-order valence-electron chi connectivity index (χ2n) is 4.45. The van der Waals surface area contributed by atoms with Gasteiger partial charge in [0.05, 0.1) is 23.2 Å². The third kappa shape index (κ3) is 2.65. The largest absolute Gasteiger partial charge is 0.394 e. The SMILES string of the molecule is O=C(c1ccc(F)cc1Cl)N1CCCCC1CO. The summed E-state index contributed by atoms with van der Waals surface area (Å²) in [5.41, 5.74) is 0.290. The van der Waals surface area contributed by atoms with Crippen molar-refractivity contribution >= 4 is 17.5 Å². The van der Waals surface area contributed by atoms with Gasteiger partial charge in [0.2, 0.25) is 0 Å². The molecule has 1 aromatic carbocycles. The molecule has 5 heteroatoms. The molecule has 0 saturated carbocycles. The molecule has 0 spiro atoms. The van der Waals surface area contributed by atoms with Gasteiger partial charge >= 0.3 is 0 Å². The van der Waals surface area contributed by atoms with E-state index in [-0.39, 0.29) is 23.6 Å². The summed E-state index contributed by atoms with van der Waals surface area (Å²) in [4.78, 5) is 13.9. The molecule has 1 amide bonds. The Morgan fingerprint density at radius 1 is 1.50 bits per heavy atom. The number of amides is 1. The van der Waals surface area contributed by atoms with Crippen LogP contribution in [0.15, 0.2) is 18.2 Å². The van der Waals surface area contributed by atoms with Crippen molar-refractivity contribution in [2.45, 2.75) is 25.3 Å². The van der Waals surface area contributed by atoms with E-state index in [1.165, 1.54) is 12.1 Å². The second-order valence-corrected chi connectivity index (χ2v) is 4.86. The Morgan fingerprint density at radius 2 is 2.28 bits per heavy atom. The van der Waals surface area contributed by atoms with Crippen LogP contribution in [-0.2, 0) is 0 Å². The van der Waals surface area contributed by atoms with Gasteiger partial charge in [-0.3, -0.25) is 4.79 Å². The first-order valence-corrected chi connectivity index (χ1v) is 6.38. The number of carbonyl (C=O) groups is 1. The topological polar surface area (TPSA) is 40.5 Å². The van der Waals surface area contributed by atoms with E-state index < -0.39 is 5.82 Å². The summed E-state index contributed by atoms with van der Waals surface area (Å²) in [6.07, 6.45) is 2.72. The molecule has 3 nitrogen and oxygen atoms in total. The van der Waals surface area contributed by atoms with E-state index >= 15 is 0 Å². The van der Waals surface area contributed by atoms with Crippen molar-refractivity contribution in [3.05, 3.63) is 34.6 Å². The Morgan fingerprint density at radius 3 is 2.94 bits per heavy atom. The number of likely N-dealkylation sites (tertiary alicyclic amines) is 1. The molecule has 2 rings (SSSR count). The lowest BCUT2D eigenvalue weighted by molar-refractivity contribution is 0.0503. The van der Waals surface area contributed by atoms with Crippen LogP contribution < -0.4 is 0 Å². The van der Waals surface area contributed by atoms with Gasteiger partial charge < -0.3 is 10.0 Å². The number of aliphatic hydroxyl groups is 1. The van der Waals surface area contributed by atoms with E-state index in [9.17, 15) is 14.3 Å². The average Bonchev–Trinajstić information content (AvgIpc) is 2.38. The Kier molecular flexibility index (Phi) is 4.19. The zero-order valence-corrected chi connectivity index (χ0v) is 10.7. The van der Waals surface area contributed by atoms with E-state index in [1.807, 2.05) is 0 Å². The Hall–Kier alpha value is -1.13. The van der Waals surface area contributed by atoms with Gasteiger partial charge in [0, 0.05) is 6.54 Å². The van der Waals surface area contributed by atoms with Crippen LogP contribution in [-0.4, -0.2) is 35.1 Å². The van der Waals surface area contributed by atoms with E-state index in [0.717, 1.165) is 25.3 Å². The van der Waals surface area contributed by atoms with Gasteiger partial charge in [-0.25, -0.2) is 4.39 Å². The van der Waals surface area contributed by atoms with Crippen molar-refractivity contribution in [3.8, 4) is 0 Å². The molecule has 1 N–H and O–H groups in total. The smallest absolute Gasteiger partial charge is 0.255 e. The third-order valence-corrected chi connectivity index (χ3v) is 3.57. The molecule has 1 unspecified atom stereocenters. The molecule has 0 aromatic heterocycles. The van der Waals surface area contributed by atoms with Crippen LogP contribution in [0.3, 0.4) is 0 Å². The number of hydrogen-bond acceptors (Lipinski definition) is 2. The zero-order valence-electron chi connectivity index (χ0n) is 9.90. The third-order valence-electron chi connectivity index (χ3n) is 3.26. The van der Waals surface area contributed by atoms with Crippen LogP contribution in [0.2, 0.25) is 5.02 Å². The van der Waals surface area contributed by atoms with Gasteiger partial charge in [0.25, 0.3) is 5.91 Å². The molecule has 1 saturated heterocycles. The fourth-order valence-electron chi connectivity index (χ4n) is 2.28. The maximum Gasteiger partial charge on any atom is 0.255 e. The fraction of sp³-hybridized carbons (Fsp3) is 0.462. The second kappa shape index (κ2) is 5.67. The van der Waals surface area contributed by atoms with Crippen LogP contribution in [0.25, 0.3) is 0 Å². The number of benzene rings is 1. The molecule has 0 bridgehead atoms. The Labute approximate surface area is 110 Å². The lowest BCUT2D eigenvalue weighted by atomic mass is 10.0. The summed E-state index contributed by atoms with van der Waals surface area (Å²) in [6.45, 7) is 0.558. The summed E-state index contributed by atoms with van der Waals surface area (Å²) >= 11 is 5.88. The van der Waals surface area contributed by atoms with Crippen molar-refractivity contribution < 1.29 is 14.3 Å². The minimum atomic E-state index is -0.464. The Balaban J connectivity index is 2.24. The molecule has 0 radical (unpaired) electrons. The van der Waals surface area contributed by atoms with Gasteiger partial charge in [-0.2, -0.15) is 0 Å². The van der Waals surface area contributed by atoms with Crippen molar-refractivity contribution in [2.75, 3.05) is 13.2 Å². The zero-order chi connectivity index (χ0) is 13.1. The number of rotatable bonds is 2. The molecule has 0 aliphatic carbocycles. The first kappa shape index (κ1) is 13.3. The summed E-state index contributed by atoms with van der Waals surface area (Å²) in [6, 6.07) is 3.58. The standard InChI is InChI=1S/C13H15ClFNO2/c14-12-7-9(15)4-5-11(12)13(18)16-6-2-1-3-10(16)8-17/h4-5,7,10,17H,1-3,6,8H2. The first-order valence-electron chi connectivity index (χ1n) is 6.00. The molecule has 1 atom stereocenters. The van der Waals surface area contributed by atoms with Gasteiger partial charge in [-0.05, 0) is 37.5 Å². The maximum absolute atomic E-state index is 12.9. The lowest BCUT2D eigenvalue weighted by Gasteiger charge is -2.34. The molecule has 98 valence electrons. The van der Waals surface area contributed by atoms with Crippen LogP contribution in [0.1, 0.15) is 29.6 Å². The predicted octanol–water partition coefficient (Wildman–Crippen LogP) is 2.47. The summed E-state index contributed by atoms with van der Waals surface area (Å²) in [5.74, 6) is -0.701. The number of halogens is 2. The van der Waals surface area contributed by atoms with Crippen LogP contribution in [0.5, 0.6) is 0 Å². The monoisotopic (exact) mass is 271 g/mol. The number of hydrogen-bond donors (Lipinski definition) is 1. The average molecular weight is 272 g/mol. The summed E-state index contributed by atoms with van der Waals surface area (Å²) < 4.78 is 12.9. The van der Waals surface area contributed by atoms with Gasteiger partial charge in [0.15, 0.2) is 0 Å². The maximum atomic E-state index is 12.9. The summed E-state index contributed by atoms with van der Waals surface area (Å²) in [5, 5.41) is 9.40. The van der Waals surface area contributed by atoms with E-state index in [4.69, 9.17) is 11.6 Å². The molecule has 1 fully saturated rings. The lowest BCUT2D eigenvalue weighted by Crippen LogP contribution is -2.45. The molecule has 1 aliphatic rings. The molecule has 1 aliphatic heterocycles. The normalized spacial score (nSPS) is 19.9. The van der Waals surface area contributed by atoms with Crippen molar-refractivity contribution in [1.82, 2.24) is 4.90 Å². The highest BCUT2D eigenvalue weighted by Crippen LogP contribution is 2.23. The van der Waals surface area contributed by atoms with E-state index in [1.54, 1.807) is 4.90 Å². The highest BCUT2D eigenvalue weighted by Gasteiger charge is 2.27. The minimum absolute atomic E-state index is 0.0510. The highest BCUT2D eigenvalue weighted by atomic mass is 35.5. The van der Waals surface area contributed by atoms with Gasteiger partial charge in [0.1, 0.15) is 5.82 Å². The van der Waals surface area contributed by atoms with E-state index in [0.29, 0.717) is 12.1 Å². The molecule has 18 heavy (non-hydrogen) atoms. The predicted molar refractivity (Wildman–Crippen MR) is 67.2 cm³/mol. The number of carbonyl (C=O) groups excluding carboxylic acids is 1. The quantitative estimate of drug-likeness (QED) is 0.898. The molecular formula is C13H15ClFNO2. The van der Waals surface area contributed by atoms with Crippen LogP contribution in [0, 0.1) is 5.82 Å².